The van der Waals surface area contributed by atoms with Crippen molar-refractivity contribution in [3.63, 3.8) is 0 Å². The van der Waals surface area contributed by atoms with Crippen molar-refractivity contribution in [3.8, 4) is 11.5 Å². The summed E-state index contributed by atoms with van der Waals surface area (Å²) in [4.78, 5) is 14.4. The van der Waals surface area contributed by atoms with Crippen molar-refractivity contribution in [2.45, 2.75) is 51.7 Å². The van der Waals surface area contributed by atoms with Crippen LogP contribution in [0.5, 0.6) is 11.5 Å². The SMILES string of the molecule is COc1cc2c(c(OC)c1)[C@H](CCCO)N(C(=O)OC(C)(C)C)CC2. The number of aliphatic hydroxyl groups is 1. The van der Waals surface area contributed by atoms with Gasteiger partial charge in [-0.15, -0.1) is 0 Å². The van der Waals surface area contributed by atoms with Crippen LogP contribution in [0.15, 0.2) is 12.1 Å². The molecule has 1 N–H and O–H groups in total. The standard InChI is InChI=1S/C19H29NO5/c1-19(2,3)25-18(22)20-9-8-13-11-14(23-4)12-16(24-5)17(13)15(20)7-6-10-21/h11-12,15,21H,6-10H2,1-5H3/t15-/m0/s1. The van der Waals surface area contributed by atoms with Gasteiger partial charge in [-0.3, -0.25) is 0 Å². The third-order valence-corrected chi connectivity index (χ3v) is 4.25. The minimum atomic E-state index is -0.553. The zero-order valence-corrected chi connectivity index (χ0v) is 15.8. The van der Waals surface area contributed by atoms with Crippen molar-refractivity contribution in [2.24, 2.45) is 0 Å². The summed E-state index contributed by atoms with van der Waals surface area (Å²) in [6.07, 6.45) is 1.61. The van der Waals surface area contributed by atoms with Gasteiger partial charge >= 0.3 is 6.09 Å². The van der Waals surface area contributed by atoms with Gasteiger partial charge in [0.15, 0.2) is 0 Å². The van der Waals surface area contributed by atoms with Gasteiger partial charge in [0.05, 0.1) is 20.3 Å². The van der Waals surface area contributed by atoms with Crippen LogP contribution in [0.4, 0.5) is 4.79 Å². The number of amides is 1. The second-order valence-electron chi connectivity index (χ2n) is 7.21. The quantitative estimate of drug-likeness (QED) is 0.881. The summed E-state index contributed by atoms with van der Waals surface area (Å²) in [6, 6.07) is 3.64. The fourth-order valence-electron chi connectivity index (χ4n) is 3.20. The van der Waals surface area contributed by atoms with Crippen LogP contribution in [0, 0.1) is 0 Å². The number of benzene rings is 1. The topological polar surface area (TPSA) is 68.2 Å². The Labute approximate surface area is 149 Å². The first-order valence-corrected chi connectivity index (χ1v) is 8.66. The predicted octanol–water partition coefficient (Wildman–Crippen LogP) is 3.31. The van der Waals surface area contributed by atoms with E-state index in [2.05, 4.69) is 0 Å². The van der Waals surface area contributed by atoms with Crippen LogP contribution in [-0.4, -0.2) is 49.1 Å². The molecule has 2 rings (SSSR count). The molecule has 0 unspecified atom stereocenters. The molecule has 1 aliphatic heterocycles. The second kappa shape index (κ2) is 7.95. The van der Waals surface area contributed by atoms with E-state index in [1.165, 1.54) is 0 Å². The number of rotatable bonds is 5. The Kier molecular flexibility index (Phi) is 6.16. The molecule has 1 atom stereocenters. The lowest BCUT2D eigenvalue weighted by Gasteiger charge is -2.39. The van der Waals surface area contributed by atoms with Gasteiger partial charge in [-0.25, -0.2) is 4.79 Å². The summed E-state index contributed by atoms with van der Waals surface area (Å²) in [5.74, 6) is 1.44. The average Bonchev–Trinajstić information content (AvgIpc) is 2.56. The summed E-state index contributed by atoms with van der Waals surface area (Å²) in [5, 5.41) is 9.28. The molecule has 1 aliphatic rings. The number of hydrogen-bond acceptors (Lipinski definition) is 5. The van der Waals surface area contributed by atoms with Gasteiger partial charge < -0.3 is 24.2 Å². The van der Waals surface area contributed by atoms with Crippen LogP contribution in [0.3, 0.4) is 0 Å². The van der Waals surface area contributed by atoms with Crippen LogP contribution >= 0.6 is 0 Å². The number of hydrogen-bond donors (Lipinski definition) is 1. The van der Waals surface area contributed by atoms with E-state index < -0.39 is 5.60 Å². The lowest BCUT2D eigenvalue weighted by molar-refractivity contribution is 0.0123. The molecule has 0 saturated carbocycles. The summed E-state index contributed by atoms with van der Waals surface area (Å²) >= 11 is 0. The fraction of sp³-hybridized carbons (Fsp3) is 0.632. The molecule has 6 heteroatoms. The number of fused-ring (bicyclic) bond motifs is 1. The van der Waals surface area contributed by atoms with Crippen molar-refractivity contribution < 1.29 is 24.1 Å². The van der Waals surface area contributed by atoms with Crippen molar-refractivity contribution >= 4 is 6.09 Å². The largest absolute Gasteiger partial charge is 0.497 e. The molecular formula is C19H29NO5. The maximum absolute atomic E-state index is 12.7. The summed E-state index contributed by atoms with van der Waals surface area (Å²) < 4.78 is 16.5. The summed E-state index contributed by atoms with van der Waals surface area (Å²) in [7, 11) is 3.24. The molecule has 0 aliphatic carbocycles. The Bertz CT molecular complexity index is 591. The van der Waals surface area contributed by atoms with Crippen LogP contribution < -0.4 is 9.47 Å². The number of carbonyl (C=O) groups excluding carboxylic acids is 1. The van der Waals surface area contributed by atoms with Gasteiger partial charge in [-0.05, 0) is 51.7 Å². The van der Waals surface area contributed by atoms with Crippen LogP contribution in [0.25, 0.3) is 0 Å². The first kappa shape index (κ1) is 19.4. The van der Waals surface area contributed by atoms with Crippen molar-refractivity contribution in [2.75, 3.05) is 27.4 Å². The highest BCUT2D eigenvalue weighted by Crippen LogP contribution is 2.42. The number of nitrogens with zero attached hydrogens (tertiary/aromatic N) is 1. The molecular weight excluding hydrogens is 322 g/mol. The minimum absolute atomic E-state index is 0.0759. The summed E-state index contributed by atoms with van der Waals surface area (Å²) in [5.41, 5.74) is 1.54. The van der Waals surface area contributed by atoms with Crippen LogP contribution in [0.2, 0.25) is 0 Å². The Balaban J connectivity index is 2.42. The monoisotopic (exact) mass is 351 g/mol. The van der Waals surface area contributed by atoms with E-state index in [4.69, 9.17) is 14.2 Å². The Morgan fingerprint density at radius 3 is 2.56 bits per heavy atom. The van der Waals surface area contributed by atoms with E-state index in [-0.39, 0.29) is 18.7 Å². The second-order valence-corrected chi connectivity index (χ2v) is 7.21. The van der Waals surface area contributed by atoms with E-state index >= 15 is 0 Å². The molecule has 0 fully saturated rings. The van der Waals surface area contributed by atoms with Crippen molar-refractivity contribution in [1.29, 1.82) is 0 Å². The maximum Gasteiger partial charge on any atom is 0.410 e. The molecule has 6 nitrogen and oxygen atoms in total. The molecule has 0 saturated heterocycles. The molecule has 140 valence electrons. The van der Waals surface area contributed by atoms with Crippen LogP contribution in [-0.2, 0) is 11.2 Å². The predicted molar refractivity (Wildman–Crippen MR) is 95.3 cm³/mol. The summed E-state index contributed by atoms with van der Waals surface area (Å²) in [6.45, 7) is 6.21. The van der Waals surface area contributed by atoms with E-state index in [9.17, 15) is 9.90 Å². The highest BCUT2D eigenvalue weighted by molar-refractivity contribution is 5.70. The molecule has 0 bridgehead atoms. The van der Waals surface area contributed by atoms with Gasteiger partial charge in [0.25, 0.3) is 0 Å². The van der Waals surface area contributed by atoms with E-state index in [1.807, 2.05) is 32.9 Å². The zero-order chi connectivity index (χ0) is 18.6. The number of ether oxygens (including phenoxy) is 3. The first-order valence-electron chi connectivity index (χ1n) is 8.66. The Morgan fingerprint density at radius 1 is 1.28 bits per heavy atom. The average molecular weight is 351 g/mol. The Hall–Kier alpha value is -1.95. The molecule has 1 amide bonds. The normalized spacial score (nSPS) is 17.0. The third kappa shape index (κ3) is 4.57. The van der Waals surface area contributed by atoms with Crippen LogP contribution in [0.1, 0.15) is 50.8 Å². The van der Waals surface area contributed by atoms with Gasteiger partial charge in [-0.1, -0.05) is 0 Å². The highest BCUT2D eigenvalue weighted by atomic mass is 16.6. The molecule has 1 aromatic carbocycles. The maximum atomic E-state index is 12.7. The molecule has 25 heavy (non-hydrogen) atoms. The van der Waals surface area contributed by atoms with Gasteiger partial charge in [0.1, 0.15) is 17.1 Å². The number of methoxy groups -OCH3 is 2. The van der Waals surface area contributed by atoms with Gasteiger partial charge in [0.2, 0.25) is 0 Å². The lowest BCUT2D eigenvalue weighted by atomic mass is 9.89. The van der Waals surface area contributed by atoms with Gasteiger partial charge in [0, 0.05) is 24.8 Å². The first-order chi connectivity index (χ1) is 11.8. The van der Waals surface area contributed by atoms with Crippen molar-refractivity contribution in [3.05, 3.63) is 23.3 Å². The number of carbonyl (C=O) groups is 1. The molecule has 0 aromatic heterocycles. The van der Waals surface area contributed by atoms with E-state index in [0.717, 1.165) is 16.9 Å². The highest BCUT2D eigenvalue weighted by Gasteiger charge is 2.35. The molecule has 1 heterocycles. The smallest absolute Gasteiger partial charge is 0.410 e. The van der Waals surface area contributed by atoms with E-state index in [1.54, 1.807) is 19.1 Å². The third-order valence-electron chi connectivity index (χ3n) is 4.25. The zero-order valence-electron chi connectivity index (χ0n) is 15.8. The molecule has 1 aromatic rings. The molecule has 0 spiro atoms. The van der Waals surface area contributed by atoms with Crippen molar-refractivity contribution in [1.82, 2.24) is 4.90 Å². The number of aliphatic hydroxyl groups excluding tert-OH is 1. The Morgan fingerprint density at radius 2 is 2.00 bits per heavy atom. The van der Waals surface area contributed by atoms with Gasteiger partial charge in [-0.2, -0.15) is 0 Å². The fourth-order valence-corrected chi connectivity index (χ4v) is 3.20. The molecule has 0 radical (unpaired) electrons. The van der Waals surface area contributed by atoms with E-state index in [0.29, 0.717) is 31.6 Å². The lowest BCUT2D eigenvalue weighted by Crippen LogP contribution is -2.43. The minimum Gasteiger partial charge on any atom is -0.497 e.